The first-order valence-electron chi connectivity index (χ1n) is 14.4. The van der Waals surface area contributed by atoms with Gasteiger partial charge in [-0.1, -0.05) is 166 Å². The molecule has 0 unspecified atom stereocenters. The number of rotatable bonds is 24. The molecule has 0 aromatic carbocycles. The van der Waals surface area contributed by atoms with E-state index in [0.717, 1.165) is 0 Å². The van der Waals surface area contributed by atoms with E-state index in [1.54, 1.807) is 12.1 Å². The normalized spacial score (nSPS) is 12.2. The fourth-order valence-corrected chi connectivity index (χ4v) is 7.98. The molecule has 0 fully saturated rings. The maximum absolute atomic E-state index is 2.67. The third kappa shape index (κ3) is 21.2. The minimum absolute atomic E-state index is 0.666. The number of hydrogen-bond acceptors (Lipinski definition) is 0. The average Bonchev–Trinajstić information content (AvgIpc) is 2.75. The molecule has 0 spiro atoms. The summed E-state index contributed by atoms with van der Waals surface area (Å²) < 4.78 is 0. The van der Waals surface area contributed by atoms with Gasteiger partial charge in [-0.15, -0.1) is 0 Å². The molecule has 0 atom stereocenters. The summed E-state index contributed by atoms with van der Waals surface area (Å²) in [6.07, 6.45) is 33.1. The molecular formula is C29H60Si. The molecule has 30 heavy (non-hydrogen) atoms. The second-order valence-electron chi connectivity index (χ2n) is 10.0. The topological polar surface area (TPSA) is 0 Å². The predicted octanol–water partition coefficient (Wildman–Crippen LogP) is 11.0. The summed E-state index contributed by atoms with van der Waals surface area (Å²) in [5.74, 6) is 0. The molecule has 0 heterocycles. The summed E-state index contributed by atoms with van der Waals surface area (Å²) in [4.78, 5) is 0. The van der Waals surface area contributed by atoms with Gasteiger partial charge in [0.25, 0.3) is 0 Å². The van der Waals surface area contributed by atoms with Crippen molar-refractivity contribution < 1.29 is 0 Å². The lowest BCUT2D eigenvalue weighted by atomic mass is 10.1. The Balaban J connectivity index is 4.10. The van der Waals surface area contributed by atoms with Crippen molar-refractivity contribution in [2.75, 3.05) is 0 Å². The van der Waals surface area contributed by atoms with Crippen molar-refractivity contribution in [1.82, 2.24) is 0 Å². The fourth-order valence-electron chi connectivity index (χ4n) is 4.72. The zero-order valence-corrected chi connectivity index (χ0v) is 23.1. The minimum Gasteiger partial charge on any atom is -0.0910 e. The molecule has 0 aromatic rings. The second kappa shape index (κ2) is 25.2. The first-order chi connectivity index (χ1) is 14.8. The summed E-state index contributed by atoms with van der Waals surface area (Å²) in [5, 5.41) is 1.86. The standard InChI is InChI=1S/C29H60Si/c1-5-8-11-14-16-18-21-24-27-30(29(4)26-23-20-13-10-7-3)28-25-22-19-17-15-12-9-6-2/h26,30H,5-25,27-28H2,1-4H3. The molecule has 0 amide bonds. The van der Waals surface area contributed by atoms with Gasteiger partial charge in [0.2, 0.25) is 0 Å². The van der Waals surface area contributed by atoms with Crippen LogP contribution in [0.3, 0.4) is 0 Å². The largest absolute Gasteiger partial charge is 0.0910 e. The Bertz CT molecular complexity index is 326. The van der Waals surface area contributed by atoms with Crippen LogP contribution in [-0.2, 0) is 0 Å². The molecule has 0 bridgehead atoms. The van der Waals surface area contributed by atoms with E-state index < -0.39 is 8.80 Å². The van der Waals surface area contributed by atoms with Gasteiger partial charge in [0.1, 0.15) is 0 Å². The number of hydrogen-bond donors (Lipinski definition) is 0. The summed E-state index contributed by atoms with van der Waals surface area (Å²) in [7, 11) is -0.666. The third-order valence-corrected chi connectivity index (χ3v) is 10.7. The molecule has 0 aliphatic heterocycles. The molecule has 0 saturated heterocycles. The van der Waals surface area contributed by atoms with Gasteiger partial charge in [-0.05, 0) is 19.8 Å². The number of unbranched alkanes of at least 4 members (excludes halogenated alkanes) is 18. The van der Waals surface area contributed by atoms with Gasteiger partial charge in [0.05, 0.1) is 8.80 Å². The van der Waals surface area contributed by atoms with Crippen LogP contribution >= 0.6 is 0 Å². The van der Waals surface area contributed by atoms with Gasteiger partial charge in [0.15, 0.2) is 0 Å². The van der Waals surface area contributed by atoms with E-state index in [-0.39, 0.29) is 0 Å². The molecular weight excluding hydrogens is 376 g/mol. The van der Waals surface area contributed by atoms with Crippen molar-refractivity contribution in [2.24, 2.45) is 0 Å². The van der Waals surface area contributed by atoms with E-state index in [2.05, 4.69) is 33.8 Å². The maximum Gasteiger partial charge on any atom is 0.0648 e. The molecule has 0 aromatic heterocycles. The Hall–Kier alpha value is -0.0431. The molecule has 0 aliphatic rings. The van der Waals surface area contributed by atoms with Crippen LogP contribution in [0.4, 0.5) is 0 Å². The van der Waals surface area contributed by atoms with Crippen molar-refractivity contribution in [2.45, 2.75) is 175 Å². The van der Waals surface area contributed by atoms with Gasteiger partial charge < -0.3 is 0 Å². The van der Waals surface area contributed by atoms with Crippen molar-refractivity contribution in [3.05, 3.63) is 11.3 Å². The van der Waals surface area contributed by atoms with Crippen LogP contribution in [0.5, 0.6) is 0 Å². The Labute approximate surface area is 194 Å². The first-order valence-corrected chi connectivity index (χ1v) is 16.6. The molecule has 0 nitrogen and oxygen atoms in total. The minimum atomic E-state index is -0.666. The predicted molar refractivity (Wildman–Crippen MR) is 144 cm³/mol. The van der Waals surface area contributed by atoms with Crippen molar-refractivity contribution in [3.8, 4) is 0 Å². The Morgan fingerprint density at radius 2 is 0.800 bits per heavy atom. The summed E-state index contributed by atoms with van der Waals surface area (Å²) in [5.41, 5.74) is 0. The van der Waals surface area contributed by atoms with Gasteiger partial charge in [0, 0.05) is 0 Å². The first kappa shape index (κ1) is 30.0. The molecule has 180 valence electrons. The van der Waals surface area contributed by atoms with Gasteiger partial charge >= 0.3 is 0 Å². The van der Waals surface area contributed by atoms with Crippen LogP contribution < -0.4 is 0 Å². The van der Waals surface area contributed by atoms with Crippen molar-refractivity contribution in [1.29, 1.82) is 0 Å². The van der Waals surface area contributed by atoms with Crippen LogP contribution in [-0.4, -0.2) is 8.80 Å². The average molecular weight is 437 g/mol. The van der Waals surface area contributed by atoms with Crippen LogP contribution in [0, 0.1) is 0 Å². The van der Waals surface area contributed by atoms with Crippen LogP contribution in [0.1, 0.15) is 163 Å². The summed E-state index contributed by atoms with van der Waals surface area (Å²) in [6, 6.07) is 3.17. The van der Waals surface area contributed by atoms with E-state index in [0.29, 0.717) is 0 Å². The second-order valence-corrected chi connectivity index (χ2v) is 13.5. The number of allylic oxidation sites excluding steroid dienone is 2. The SMILES string of the molecule is CCCCCCC=C(C)[SiH](CCCCCCCCCC)CCCCCCCCCC. The van der Waals surface area contributed by atoms with E-state index >= 15 is 0 Å². The van der Waals surface area contributed by atoms with Crippen LogP contribution in [0.2, 0.25) is 12.1 Å². The molecule has 0 radical (unpaired) electrons. The lowest BCUT2D eigenvalue weighted by molar-refractivity contribution is 0.581. The Morgan fingerprint density at radius 1 is 0.467 bits per heavy atom. The van der Waals surface area contributed by atoms with Gasteiger partial charge in [-0.3, -0.25) is 0 Å². The summed E-state index contributed by atoms with van der Waals surface area (Å²) >= 11 is 0. The quantitative estimate of drug-likeness (QED) is 0.104. The summed E-state index contributed by atoms with van der Waals surface area (Å²) in [6.45, 7) is 9.46. The highest BCUT2D eigenvalue weighted by atomic mass is 28.3. The Kier molecular flexibility index (Phi) is 25.2. The zero-order valence-electron chi connectivity index (χ0n) is 21.9. The highest BCUT2D eigenvalue weighted by molar-refractivity contribution is 6.66. The lowest BCUT2D eigenvalue weighted by Crippen LogP contribution is -2.14. The van der Waals surface area contributed by atoms with E-state index in [1.807, 2.05) is 5.20 Å². The Morgan fingerprint density at radius 3 is 1.20 bits per heavy atom. The monoisotopic (exact) mass is 436 g/mol. The highest BCUT2D eigenvalue weighted by Crippen LogP contribution is 2.21. The van der Waals surface area contributed by atoms with E-state index in [1.165, 1.54) is 135 Å². The lowest BCUT2D eigenvalue weighted by Gasteiger charge is -2.17. The molecule has 1 heteroatoms. The van der Waals surface area contributed by atoms with Crippen molar-refractivity contribution >= 4 is 8.80 Å². The van der Waals surface area contributed by atoms with E-state index in [4.69, 9.17) is 0 Å². The smallest absolute Gasteiger partial charge is 0.0648 e. The molecule has 0 aliphatic carbocycles. The van der Waals surface area contributed by atoms with Crippen LogP contribution in [0.15, 0.2) is 11.3 Å². The van der Waals surface area contributed by atoms with Gasteiger partial charge in [-0.2, -0.15) is 0 Å². The van der Waals surface area contributed by atoms with E-state index in [9.17, 15) is 0 Å². The van der Waals surface area contributed by atoms with Crippen molar-refractivity contribution in [3.63, 3.8) is 0 Å². The highest BCUT2D eigenvalue weighted by Gasteiger charge is 2.12. The fraction of sp³-hybridized carbons (Fsp3) is 0.931. The molecule has 0 rings (SSSR count). The van der Waals surface area contributed by atoms with Crippen LogP contribution in [0.25, 0.3) is 0 Å². The van der Waals surface area contributed by atoms with Gasteiger partial charge in [-0.25, -0.2) is 0 Å². The third-order valence-electron chi connectivity index (χ3n) is 6.98. The zero-order chi connectivity index (χ0) is 22.1. The maximum atomic E-state index is 2.67. The molecule has 0 N–H and O–H groups in total. The molecule has 0 saturated carbocycles.